The smallest absolute Gasteiger partial charge is 0.410 e. The van der Waals surface area contributed by atoms with E-state index in [0.717, 1.165) is 49.2 Å². The van der Waals surface area contributed by atoms with Crippen LogP contribution in [-0.4, -0.2) is 107 Å². The van der Waals surface area contributed by atoms with Gasteiger partial charge < -0.3 is 34.8 Å². The molecule has 0 spiro atoms. The molecule has 0 bridgehead atoms. The molecule has 6 rings (SSSR count). The van der Waals surface area contributed by atoms with Crippen molar-refractivity contribution in [2.45, 2.75) is 76.5 Å². The van der Waals surface area contributed by atoms with Crippen LogP contribution in [0.2, 0.25) is 0 Å². The number of phenols is 1. The Morgan fingerprint density at radius 2 is 1.59 bits per heavy atom. The quantitative estimate of drug-likeness (QED) is 0.508. The molecule has 4 amide bonds. The fourth-order valence-corrected chi connectivity index (χ4v) is 7.29. The van der Waals surface area contributed by atoms with E-state index in [9.17, 15) is 19.5 Å². The number of likely N-dealkylation sites (tertiary alicyclic amines) is 3. The summed E-state index contributed by atoms with van der Waals surface area (Å²) in [6, 6.07) is 13.6. The minimum atomic E-state index is -0.942. The Balaban J connectivity index is 1.07. The molecule has 4 heterocycles. The van der Waals surface area contributed by atoms with Crippen molar-refractivity contribution in [1.82, 2.24) is 19.6 Å². The van der Waals surface area contributed by atoms with Crippen molar-refractivity contribution in [3.8, 4) is 5.75 Å². The summed E-state index contributed by atoms with van der Waals surface area (Å²) in [7, 11) is 0. The molecule has 0 unspecified atom stereocenters. The first-order chi connectivity index (χ1) is 21.4. The van der Waals surface area contributed by atoms with Gasteiger partial charge in [0.05, 0.1) is 0 Å². The van der Waals surface area contributed by atoms with Crippen LogP contribution < -0.4 is 5.32 Å². The molecule has 3 fully saturated rings. The molecule has 0 aromatic heterocycles. The number of anilines is 1. The molecule has 3 saturated heterocycles. The van der Waals surface area contributed by atoms with E-state index in [1.54, 1.807) is 17.0 Å². The standard InChI is InChI=1S/C34H45N5O5/c1-24-22-25(8-9-30(24)40)23-31(32(41)37-17-11-27(12-18-37)36-15-4-5-16-36)44-34(43)38-19-13-28(14-20-38)39-21-10-26-6-2-3-7-29(26)35-33(39)42/h2-3,6-9,22,27-28,31,40H,4-5,10-21,23H2,1H3,(H,35,42)/t31-/m1/s1. The molecule has 0 aliphatic carbocycles. The fourth-order valence-electron chi connectivity index (χ4n) is 7.29. The van der Waals surface area contributed by atoms with Crippen LogP contribution in [0, 0.1) is 6.92 Å². The van der Waals surface area contributed by atoms with Crippen molar-refractivity contribution in [2.75, 3.05) is 51.1 Å². The third-order valence-electron chi connectivity index (χ3n) is 9.94. The highest BCUT2D eigenvalue weighted by atomic mass is 16.6. The lowest BCUT2D eigenvalue weighted by molar-refractivity contribution is -0.142. The van der Waals surface area contributed by atoms with Gasteiger partial charge >= 0.3 is 12.1 Å². The average Bonchev–Trinajstić information content (AvgIpc) is 3.53. The van der Waals surface area contributed by atoms with Crippen molar-refractivity contribution < 1.29 is 24.2 Å². The molecule has 44 heavy (non-hydrogen) atoms. The monoisotopic (exact) mass is 603 g/mol. The lowest BCUT2D eigenvalue weighted by atomic mass is 10.0. The van der Waals surface area contributed by atoms with Crippen LogP contribution in [0.3, 0.4) is 0 Å². The van der Waals surface area contributed by atoms with E-state index in [2.05, 4.69) is 10.2 Å². The Labute approximate surface area is 259 Å². The number of aryl methyl sites for hydroxylation is 1. The highest BCUT2D eigenvalue weighted by molar-refractivity contribution is 5.91. The van der Waals surface area contributed by atoms with Crippen LogP contribution >= 0.6 is 0 Å². The maximum Gasteiger partial charge on any atom is 0.410 e. The van der Waals surface area contributed by atoms with Gasteiger partial charge in [0.15, 0.2) is 6.10 Å². The van der Waals surface area contributed by atoms with Gasteiger partial charge in [0.2, 0.25) is 0 Å². The summed E-state index contributed by atoms with van der Waals surface area (Å²) in [5, 5.41) is 13.1. The van der Waals surface area contributed by atoms with Crippen molar-refractivity contribution in [2.24, 2.45) is 0 Å². The molecule has 236 valence electrons. The van der Waals surface area contributed by atoms with E-state index in [4.69, 9.17) is 4.74 Å². The number of fused-ring (bicyclic) bond motifs is 1. The van der Waals surface area contributed by atoms with Crippen LogP contribution in [0.15, 0.2) is 42.5 Å². The van der Waals surface area contributed by atoms with Gasteiger partial charge in [-0.15, -0.1) is 0 Å². The number of amides is 4. The molecule has 4 aliphatic heterocycles. The summed E-state index contributed by atoms with van der Waals surface area (Å²) in [4.78, 5) is 48.3. The predicted octanol–water partition coefficient (Wildman–Crippen LogP) is 4.39. The van der Waals surface area contributed by atoms with Gasteiger partial charge in [-0.3, -0.25) is 4.79 Å². The Morgan fingerprint density at radius 1 is 0.909 bits per heavy atom. The summed E-state index contributed by atoms with van der Waals surface area (Å²) in [6.45, 7) is 6.98. The van der Waals surface area contributed by atoms with Crippen LogP contribution in [0.5, 0.6) is 5.75 Å². The number of carbonyl (C=O) groups is 3. The summed E-state index contributed by atoms with van der Waals surface area (Å²) >= 11 is 0. The number of hydrogen-bond donors (Lipinski definition) is 2. The zero-order valence-corrected chi connectivity index (χ0v) is 25.7. The molecular formula is C34H45N5O5. The average molecular weight is 604 g/mol. The highest BCUT2D eigenvalue weighted by Crippen LogP contribution is 2.27. The summed E-state index contributed by atoms with van der Waals surface area (Å²) < 4.78 is 6.00. The fraction of sp³-hybridized carbons (Fsp3) is 0.559. The van der Waals surface area contributed by atoms with Gasteiger partial charge in [-0.1, -0.05) is 30.3 Å². The number of hydrogen-bond acceptors (Lipinski definition) is 6. The van der Waals surface area contributed by atoms with Crippen LogP contribution in [-0.2, 0) is 22.4 Å². The SMILES string of the molecule is Cc1cc(C[C@@H](OC(=O)N2CCC(N3CCc4ccccc4NC3=O)CC2)C(=O)N2CCC(N3CCCC3)CC2)ccc1O. The Hall–Kier alpha value is -3.79. The summed E-state index contributed by atoms with van der Waals surface area (Å²) in [5.74, 6) is 0.0436. The van der Waals surface area contributed by atoms with E-state index in [-0.39, 0.29) is 30.2 Å². The van der Waals surface area contributed by atoms with E-state index in [1.165, 1.54) is 12.8 Å². The number of urea groups is 1. The minimum absolute atomic E-state index is 0.0302. The normalized spacial score (nSPS) is 21.0. The third kappa shape index (κ3) is 6.80. The van der Waals surface area contributed by atoms with Crippen molar-refractivity contribution in [3.63, 3.8) is 0 Å². The van der Waals surface area contributed by atoms with E-state index in [1.807, 2.05) is 47.1 Å². The number of ether oxygens (including phenoxy) is 1. The minimum Gasteiger partial charge on any atom is -0.508 e. The first-order valence-electron chi connectivity index (χ1n) is 16.3. The largest absolute Gasteiger partial charge is 0.508 e. The van der Waals surface area contributed by atoms with E-state index in [0.29, 0.717) is 57.2 Å². The molecule has 4 aliphatic rings. The zero-order valence-electron chi connectivity index (χ0n) is 25.7. The number of aromatic hydroxyl groups is 1. The van der Waals surface area contributed by atoms with Crippen molar-refractivity contribution >= 4 is 23.7 Å². The van der Waals surface area contributed by atoms with Gasteiger partial charge in [0.1, 0.15) is 5.75 Å². The second-order valence-electron chi connectivity index (χ2n) is 12.7. The van der Waals surface area contributed by atoms with Gasteiger partial charge in [-0.25, -0.2) is 9.59 Å². The lowest BCUT2D eigenvalue weighted by Crippen LogP contribution is -2.52. The lowest BCUT2D eigenvalue weighted by Gasteiger charge is -2.39. The molecular weight excluding hydrogens is 558 g/mol. The molecule has 2 N–H and O–H groups in total. The third-order valence-corrected chi connectivity index (χ3v) is 9.94. The maximum atomic E-state index is 13.8. The highest BCUT2D eigenvalue weighted by Gasteiger charge is 2.36. The van der Waals surface area contributed by atoms with Gasteiger partial charge in [-0.05, 0) is 93.8 Å². The summed E-state index contributed by atoms with van der Waals surface area (Å²) in [5.41, 5.74) is 3.55. The Kier molecular flexibility index (Phi) is 9.25. The van der Waals surface area contributed by atoms with E-state index >= 15 is 0 Å². The predicted molar refractivity (Wildman–Crippen MR) is 168 cm³/mol. The number of piperidine rings is 2. The molecule has 10 heteroatoms. The van der Waals surface area contributed by atoms with Crippen molar-refractivity contribution in [3.05, 3.63) is 59.2 Å². The number of nitrogens with zero attached hydrogens (tertiary/aromatic N) is 4. The van der Waals surface area contributed by atoms with E-state index < -0.39 is 12.2 Å². The topological polar surface area (TPSA) is 106 Å². The molecule has 2 aromatic carbocycles. The molecule has 1 atom stereocenters. The number of para-hydroxylation sites is 1. The first kappa shape index (κ1) is 30.2. The number of nitrogens with one attached hydrogen (secondary N) is 1. The van der Waals surface area contributed by atoms with Gasteiger partial charge in [-0.2, -0.15) is 0 Å². The molecule has 0 saturated carbocycles. The van der Waals surface area contributed by atoms with Crippen molar-refractivity contribution in [1.29, 1.82) is 0 Å². The second-order valence-corrected chi connectivity index (χ2v) is 12.7. The molecule has 2 aromatic rings. The van der Waals surface area contributed by atoms with Crippen LogP contribution in [0.1, 0.15) is 55.2 Å². The molecule has 10 nitrogen and oxygen atoms in total. The number of phenolic OH excluding ortho intramolecular Hbond substituents is 1. The number of carbonyl (C=O) groups excluding carboxylic acids is 3. The second kappa shape index (κ2) is 13.5. The van der Waals surface area contributed by atoms with Gasteiger partial charge in [0.25, 0.3) is 5.91 Å². The zero-order chi connectivity index (χ0) is 30.6. The molecule has 0 radical (unpaired) electrons. The number of benzene rings is 2. The van der Waals surface area contributed by atoms with Crippen LogP contribution in [0.4, 0.5) is 15.3 Å². The summed E-state index contributed by atoms with van der Waals surface area (Å²) in [6.07, 6.45) is 5.28. The van der Waals surface area contributed by atoms with Crippen LogP contribution in [0.25, 0.3) is 0 Å². The van der Waals surface area contributed by atoms with Gasteiger partial charge in [0, 0.05) is 56.9 Å². The maximum absolute atomic E-state index is 13.8. The number of rotatable bonds is 6. The Bertz CT molecular complexity index is 1350. The first-order valence-corrected chi connectivity index (χ1v) is 16.3. The Morgan fingerprint density at radius 3 is 2.32 bits per heavy atom.